The van der Waals surface area contributed by atoms with Crippen LogP contribution in [0, 0.1) is 5.92 Å². The lowest BCUT2D eigenvalue weighted by atomic mass is 10.00. The van der Waals surface area contributed by atoms with Crippen LogP contribution in [0.3, 0.4) is 0 Å². The molecule has 0 bridgehead atoms. The standard InChI is InChI=1S/C18H21N7OS/c1-3-15(26)24-9-12(10-24)7-19-17-16-14(5-6-27-16)22-18(23-17)21-13-8-20-25(4-2)11-13/h3,5-6,8,11-12H,1,4,7,9-10H2,2H3,(H2,19,21,22,23). The van der Waals surface area contributed by atoms with Crippen molar-refractivity contribution in [2.45, 2.75) is 13.5 Å². The van der Waals surface area contributed by atoms with Crippen LogP contribution in [0.25, 0.3) is 10.2 Å². The maximum absolute atomic E-state index is 11.5. The van der Waals surface area contributed by atoms with E-state index in [-0.39, 0.29) is 5.91 Å². The van der Waals surface area contributed by atoms with Crippen LogP contribution in [0.1, 0.15) is 6.92 Å². The number of hydrogen-bond acceptors (Lipinski definition) is 7. The van der Waals surface area contributed by atoms with Gasteiger partial charge in [-0.15, -0.1) is 11.3 Å². The van der Waals surface area contributed by atoms with Gasteiger partial charge in [0.25, 0.3) is 0 Å². The highest BCUT2D eigenvalue weighted by Gasteiger charge is 2.29. The Labute approximate surface area is 160 Å². The SMILES string of the molecule is C=CC(=O)N1CC(CNc2nc(Nc3cnn(CC)c3)nc3ccsc23)C1. The van der Waals surface area contributed by atoms with Gasteiger partial charge < -0.3 is 15.5 Å². The Bertz CT molecular complexity index is 973. The molecular formula is C18H21N7OS. The van der Waals surface area contributed by atoms with E-state index in [1.807, 2.05) is 29.2 Å². The topological polar surface area (TPSA) is 88.0 Å². The van der Waals surface area contributed by atoms with Gasteiger partial charge in [0.15, 0.2) is 0 Å². The molecule has 4 heterocycles. The van der Waals surface area contributed by atoms with Crippen LogP contribution in [0.2, 0.25) is 0 Å². The van der Waals surface area contributed by atoms with Gasteiger partial charge in [-0.2, -0.15) is 10.1 Å². The molecule has 9 heteroatoms. The molecule has 140 valence electrons. The second kappa shape index (κ2) is 7.36. The maximum atomic E-state index is 11.5. The van der Waals surface area contributed by atoms with E-state index in [4.69, 9.17) is 0 Å². The lowest BCUT2D eigenvalue weighted by molar-refractivity contribution is -0.131. The minimum absolute atomic E-state index is 0.00644. The number of nitrogens with one attached hydrogen (secondary N) is 2. The minimum atomic E-state index is -0.00644. The molecule has 0 aliphatic carbocycles. The second-order valence-corrected chi connectivity index (χ2v) is 7.35. The first-order valence-electron chi connectivity index (χ1n) is 8.86. The molecule has 1 amide bonds. The van der Waals surface area contributed by atoms with Crippen LogP contribution < -0.4 is 10.6 Å². The van der Waals surface area contributed by atoms with Crippen LogP contribution in [0.4, 0.5) is 17.5 Å². The molecule has 27 heavy (non-hydrogen) atoms. The third-order valence-corrected chi connectivity index (χ3v) is 5.43. The van der Waals surface area contributed by atoms with Gasteiger partial charge in [-0.1, -0.05) is 6.58 Å². The van der Waals surface area contributed by atoms with E-state index in [1.54, 1.807) is 22.4 Å². The summed E-state index contributed by atoms with van der Waals surface area (Å²) in [6.45, 7) is 8.63. The minimum Gasteiger partial charge on any atom is -0.368 e. The molecule has 0 atom stereocenters. The van der Waals surface area contributed by atoms with Crippen molar-refractivity contribution in [2.24, 2.45) is 5.92 Å². The summed E-state index contributed by atoms with van der Waals surface area (Å²) in [6.07, 6.45) is 5.05. The fourth-order valence-electron chi connectivity index (χ4n) is 3.02. The molecule has 1 aliphatic rings. The largest absolute Gasteiger partial charge is 0.368 e. The van der Waals surface area contributed by atoms with Gasteiger partial charge in [-0.3, -0.25) is 9.48 Å². The summed E-state index contributed by atoms with van der Waals surface area (Å²) in [6, 6.07) is 1.99. The van der Waals surface area contributed by atoms with Crippen LogP contribution in [0.5, 0.6) is 0 Å². The lowest BCUT2D eigenvalue weighted by Gasteiger charge is -2.38. The Kier molecular flexibility index (Phi) is 4.76. The van der Waals surface area contributed by atoms with Crippen LogP contribution >= 0.6 is 11.3 Å². The third kappa shape index (κ3) is 3.63. The van der Waals surface area contributed by atoms with E-state index < -0.39 is 0 Å². The number of nitrogens with zero attached hydrogens (tertiary/aromatic N) is 5. The van der Waals surface area contributed by atoms with Crippen molar-refractivity contribution in [3.8, 4) is 0 Å². The molecule has 0 radical (unpaired) electrons. The molecule has 1 fully saturated rings. The fraction of sp³-hybridized carbons (Fsp3) is 0.333. The van der Waals surface area contributed by atoms with Crippen molar-refractivity contribution in [3.05, 3.63) is 36.5 Å². The number of likely N-dealkylation sites (tertiary alicyclic amines) is 1. The van der Waals surface area contributed by atoms with Crippen molar-refractivity contribution < 1.29 is 4.79 Å². The summed E-state index contributed by atoms with van der Waals surface area (Å²) in [4.78, 5) is 22.6. The highest BCUT2D eigenvalue weighted by Crippen LogP contribution is 2.29. The Balaban J connectivity index is 1.46. The number of aryl methyl sites for hydroxylation is 1. The zero-order valence-electron chi connectivity index (χ0n) is 15.1. The highest BCUT2D eigenvalue weighted by atomic mass is 32.1. The number of thiophene rings is 1. The third-order valence-electron chi connectivity index (χ3n) is 4.52. The molecule has 2 N–H and O–H groups in total. The molecular weight excluding hydrogens is 362 g/mol. The molecule has 0 saturated carbocycles. The van der Waals surface area contributed by atoms with Gasteiger partial charge in [-0.25, -0.2) is 4.98 Å². The van der Waals surface area contributed by atoms with Gasteiger partial charge in [0.05, 0.1) is 22.1 Å². The van der Waals surface area contributed by atoms with Crippen molar-refractivity contribution in [3.63, 3.8) is 0 Å². The maximum Gasteiger partial charge on any atom is 0.245 e. The van der Waals surface area contributed by atoms with Crippen molar-refractivity contribution in [1.82, 2.24) is 24.6 Å². The average molecular weight is 383 g/mol. The number of rotatable bonds is 7. The van der Waals surface area contributed by atoms with Gasteiger partial charge >= 0.3 is 0 Å². The summed E-state index contributed by atoms with van der Waals surface area (Å²) in [5, 5.41) is 12.9. The van der Waals surface area contributed by atoms with Gasteiger partial charge in [0.2, 0.25) is 11.9 Å². The smallest absolute Gasteiger partial charge is 0.245 e. The van der Waals surface area contributed by atoms with Gasteiger partial charge in [0.1, 0.15) is 5.82 Å². The average Bonchev–Trinajstić information content (AvgIpc) is 3.29. The Morgan fingerprint density at radius 1 is 1.44 bits per heavy atom. The number of carbonyl (C=O) groups is 1. The number of fused-ring (bicyclic) bond motifs is 1. The monoisotopic (exact) mass is 383 g/mol. The van der Waals surface area contributed by atoms with E-state index in [0.29, 0.717) is 11.9 Å². The van der Waals surface area contributed by atoms with Crippen LogP contribution in [0.15, 0.2) is 36.5 Å². The second-order valence-electron chi connectivity index (χ2n) is 6.43. The van der Waals surface area contributed by atoms with Crippen molar-refractivity contribution in [2.75, 3.05) is 30.3 Å². The predicted molar refractivity (Wildman–Crippen MR) is 107 cm³/mol. The number of amides is 1. The Morgan fingerprint density at radius 2 is 2.30 bits per heavy atom. The van der Waals surface area contributed by atoms with Gasteiger partial charge in [0, 0.05) is 38.3 Å². The molecule has 4 rings (SSSR count). The van der Waals surface area contributed by atoms with Crippen LogP contribution in [-0.2, 0) is 11.3 Å². The molecule has 8 nitrogen and oxygen atoms in total. The van der Waals surface area contributed by atoms with Crippen molar-refractivity contribution in [1.29, 1.82) is 0 Å². The van der Waals surface area contributed by atoms with E-state index in [2.05, 4.69) is 32.3 Å². The summed E-state index contributed by atoms with van der Waals surface area (Å²) in [7, 11) is 0. The van der Waals surface area contributed by atoms with E-state index in [1.165, 1.54) is 6.08 Å². The summed E-state index contributed by atoms with van der Waals surface area (Å²) in [5.41, 5.74) is 1.76. The number of carbonyl (C=O) groups excluding carboxylic acids is 1. The molecule has 1 saturated heterocycles. The Hall–Kier alpha value is -2.94. The normalized spacial score (nSPS) is 14.2. The first-order chi connectivity index (χ1) is 13.2. The summed E-state index contributed by atoms with van der Waals surface area (Å²) >= 11 is 1.61. The highest BCUT2D eigenvalue weighted by molar-refractivity contribution is 7.17. The Morgan fingerprint density at radius 3 is 3.04 bits per heavy atom. The zero-order valence-corrected chi connectivity index (χ0v) is 15.9. The first-order valence-corrected chi connectivity index (χ1v) is 9.74. The van der Waals surface area contributed by atoms with E-state index in [0.717, 1.165) is 47.9 Å². The van der Waals surface area contributed by atoms with Gasteiger partial charge in [-0.05, 0) is 24.4 Å². The molecule has 0 aromatic carbocycles. The quantitative estimate of drug-likeness (QED) is 0.610. The number of hydrogen-bond donors (Lipinski definition) is 2. The van der Waals surface area contributed by atoms with E-state index in [9.17, 15) is 4.79 Å². The molecule has 3 aromatic rings. The molecule has 0 unspecified atom stereocenters. The lowest BCUT2D eigenvalue weighted by Crippen LogP contribution is -2.51. The van der Waals surface area contributed by atoms with Crippen LogP contribution in [-0.4, -0.2) is 50.2 Å². The summed E-state index contributed by atoms with van der Waals surface area (Å²) < 4.78 is 2.88. The number of anilines is 3. The predicted octanol–water partition coefficient (Wildman–Crippen LogP) is 2.71. The molecule has 3 aromatic heterocycles. The fourth-order valence-corrected chi connectivity index (χ4v) is 3.82. The van der Waals surface area contributed by atoms with Crippen molar-refractivity contribution >= 4 is 44.9 Å². The zero-order chi connectivity index (χ0) is 18.8. The summed E-state index contributed by atoms with van der Waals surface area (Å²) in [5.74, 6) is 1.76. The number of aromatic nitrogens is 4. The first kappa shape index (κ1) is 17.5. The van der Waals surface area contributed by atoms with E-state index >= 15 is 0 Å². The molecule has 1 aliphatic heterocycles. The molecule has 0 spiro atoms.